The van der Waals surface area contributed by atoms with E-state index in [0.717, 1.165) is 12.2 Å². The third-order valence-corrected chi connectivity index (χ3v) is 1.28. The van der Waals surface area contributed by atoms with Crippen molar-refractivity contribution in [3.63, 3.8) is 0 Å². The van der Waals surface area contributed by atoms with Crippen LogP contribution in [0.2, 0.25) is 0 Å². The monoisotopic (exact) mass is 306 g/mol. The van der Waals surface area contributed by atoms with E-state index in [1.54, 1.807) is 24.3 Å². The second-order valence-electron chi connectivity index (χ2n) is 2.57. The third-order valence-electron chi connectivity index (χ3n) is 1.28. The van der Waals surface area contributed by atoms with Crippen LogP contribution in [-0.2, 0) is 19.4 Å². The maximum atomic E-state index is 10.9. The van der Waals surface area contributed by atoms with Crippen molar-refractivity contribution >= 4 is 87.4 Å². The Morgan fingerprint density at radius 3 is 1.39 bits per heavy atom. The van der Waals surface area contributed by atoms with Gasteiger partial charge in [0.15, 0.2) is 0 Å². The molecule has 0 bridgehead atoms. The molecule has 0 N–H and O–H groups in total. The van der Waals surface area contributed by atoms with E-state index in [-0.39, 0.29) is 81.2 Å². The van der Waals surface area contributed by atoms with Gasteiger partial charge >= 0.3 is 87.4 Å². The number of carbonyl (C=O) groups is 2. The number of hydrogen-bond donors (Lipinski definition) is 0. The summed E-state index contributed by atoms with van der Waals surface area (Å²) in [6.45, 7) is 3.61. The van der Waals surface area contributed by atoms with E-state index in [1.807, 2.05) is 13.8 Å². The van der Waals surface area contributed by atoms with E-state index >= 15 is 0 Å². The van der Waals surface area contributed by atoms with Gasteiger partial charge in [0.1, 0.15) is 0 Å². The van der Waals surface area contributed by atoms with Crippen molar-refractivity contribution in [2.75, 3.05) is 0 Å². The zero-order chi connectivity index (χ0) is 12.2. The van der Waals surface area contributed by atoms with Crippen LogP contribution in [-0.4, -0.2) is 87.4 Å². The largest absolute Gasteiger partial charge is 2.00 e. The van der Waals surface area contributed by atoms with Gasteiger partial charge in [-0.1, -0.05) is 36.5 Å². The molecule has 0 rings (SSSR count). The molecule has 0 aliphatic carbocycles. The summed E-state index contributed by atoms with van der Waals surface area (Å²) >= 11 is 0. The molecule has 0 heterocycles. The molecular weight excluding hydrogens is 288 g/mol. The second kappa shape index (κ2) is 17.4. The Hall–Kier alpha value is 0.419. The Kier molecular flexibility index (Phi) is 22.7. The first kappa shape index (κ1) is 23.5. The molecule has 18 heavy (non-hydrogen) atoms. The third kappa shape index (κ3) is 16.4. The molecule has 0 radical (unpaired) electrons. The van der Waals surface area contributed by atoms with Gasteiger partial charge in [-0.05, 0) is 13.8 Å². The number of hydrogen-bond acceptors (Lipinski definition) is 4. The summed E-state index contributed by atoms with van der Waals surface area (Å²) < 4.78 is 0. The van der Waals surface area contributed by atoms with Crippen molar-refractivity contribution in [3.8, 4) is 0 Å². The van der Waals surface area contributed by atoms with Crippen molar-refractivity contribution in [1.29, 1.82) is 0 Å². The normalized spacial score (nSPS) is 10.6. The van der Waals surface area contributed by atoms with E-state index in [4.69, 9.17) is 0 Å². The van der Waals surface area contributed by atoms with E-state index < -0.39 is 11.9 Å². The first-order valence-corrected chi connectivity index (χ1v) is 4.72. The van der Waals surface area contributed by atoms with Crippen LogP contribution in [0, 0.1) is 0 Å². The molecule has 0 fully saturated rings. The van der Waals surface area contributed by atoms with Crippen molar-refractivity contribution < 1.29 is 25.1 Å². The molecule has 0 saturated carbocycles. The average molecular weight is 306 g/mol. The van der Waals surface area contributed by atoms with Crippen LogP contribution >= 0.6 is 0 Å². The summed E-state index contributed by atoms with van der Waals surface area (Å²) in [5, 5.41) is 0. The molecule has 0 aromatic heterocycles. The number of carbonyl (C=O) groups excluding carboxylic acids is 2. The first-order chi connectivity index (χ1) is 7.70. The van der Waals surface area contributed by atoms with Crippen molar-refractivity contribution in [2.24, 2.45) is 0 Å². The number of allylic oxidation sites excluding steroid dienone is 6. The maximum absolute atomic E-state index is 10.9. The molecule has 94 valence electrons. The molecule has 0 aliphatic rings. The predicted octanol–water partition coefficient (Wildman–Crippen LogP) is 1.94. The minimum absolute atomic E-state index is 0. The van der Waals surface area contributed by atoms with Gasteiger partial charge in [0, 0.05) is 12.2 Å². The van der Waals surface area contributed by atoms with Crippen LogP contribution in [0.15, 0.2) is 48.6 Å². The summed E-state index contributed by atoms with van der Waals surface area (Å²) in [5.41, 5.74) is 0. The standard InChI is InChI=1S/C12H14O4.2Ca.4H/c1-3-5-7-9-11(13)15-16-12(14)10-8-6-4-2;;;;;;/h3-10H,1-2H3;;;;;;/q;2*+2;4*-1/b5-3+,6-4+,9-7+,10-8+;;;;;;. The van der Waals surface area contributed by atoms with E-state index in [1.165, 1.54) is 12.2 Å². The molecular formula is C12H18Ca2O4. The summed E-state index contributed by atoms with van der Waals surface area (Å²) in [7, 11) is 0. The molecule has 0 spiro atoms. The summed E-state index contributed by atoms with van der Waals surface area (Å²) in [6, 6.07) is 0. The molecule has 0 aromatic carbocycles. The maximum Gasteiger partial charge on any atom is 2.00 e. The van der Waals surface area contributed by atoms with E-state index in [0.29, 0.717) is 0 Å². The van der Waals surface area contributed by atoms with Gasteiger partial charge < -0.3 is 5.71 Å². The Morgan fingerprint density at radius 2 is 1.11 bits per heavy atom. The molecule has 0 aromatic rings. The zero-order valence-corrected chi connectivity index (χ0v) is 15.1. The van der Waals surface area contributed by atoms with Crippen molar-refractivity contribution in [3.05, 3.63) is 48.6 Å². The Balaban J connectivity index is -0.0000000750. The quantitative estimate of drug-likeness (QED) is 0.262. The van der Waals surface area contributed by atoms with Crippen molar-refractivity contribution in [2.45, 2.75) is 13.8 Å². The van der Waals surface area contributed by atoms with Crippen LogP contribution in [0.5, 0.6) is 0 Å². The topological polar surface area (TPSA) is 52.6 Å². The average Bonchev–Trinajstić information content (AvgIpc) is 2.27. The van der Waals surface area contributed by atoms with Gasteiger partial charge in [0.25, 0.3) is 0 Å². The molecule has 0 saturated heterocycles. The smallest absolute Gasteiger partial charge is 1.00 e. The Labute approximate surface area is 173 Å². The van der Waals surface area contributed by atoms with Gasteiger partial charge in [-0.2, -0.15) is 0 Å². The van der Waals surface area contributed by atoms with Crippen LogP contribution in [0.1, 0.15) is 19.6 Å². The Bertz CT molecular complexity index is 325. The van der Waals surface area contributed by atoms with E-state index in [2.05, 4.69) is 9.78 Å². The SMILES string of the molecule is C/C=C/C=C/C(=O)OOC(=O)/C=C/C=C/C.[Ca+2].[Ca+2].[H-].[H-].[H-].[H-]. The molecule has 0 aliphatic heterocycles. The fourth-order valence-corrected chi connectivity index (χ4v) is 0.628. The summed E-state index contributed by atoms with van der Waals surface area (Å²) in [6.07, 6.45) is 12.0. The molecule has 0 amide bonds. The number of rotatable bonds is 4. The zero-order valence-electron chi connectivity index (χ0n) is 14.7. The van der Waals surface area contributed by atoms with Crippen LogP contribution in [0.4, 0.5) is 0 Å². The van der Waals surface area contributed by atoms with Gasteiger partial charge in [0.05, 0.1) is 0 Å². The first-order valence-electron chi connectivity index (χ1n) is 4.72. The fourth-order valence-electron chi connectivity index (χ4n) is 0.628. The van der Waals surface area contributed by atoms with Gasteiger partial charge in [0.2, 0.25) is 0 Å². The van der Waals surface area contributed by atoms with Crippen molar-refractivity contribution in [1.82, 2.24) is 0 Å². The minimum Gasteiger partial charge on any atom is -1.00 e. The van der Waals surface area contributed by atoms with Gasteiger partial charge in [-0.3, -0.25) is 0 Å². The van der Waals surface area contributed by atoms with Gasteiger partial charge in [-0.15, -0.1) is 0 Å². The second-order valence-corrected chi connectivity index (χ2v) is 2.57. The molecule has 6 heteroatoms. The fraction of sp³-hybridized carbons (Fsp3) is 0.167. The van der Waals surface area contributed by atoms with Crippen LogP contribution < -0.4 is 0 Å². The molecule has 4 nitrogen and oxygen atoms in total. The molecule has 0 atom stereocenters. The summed E-state index contributed by atoms with van der Waals surface area (Å²) in [5.74, 6) is -1.49. The van der Waals surface area contributed by atoms with Gasteiger partial charge in [-0.25, -0.2) is 19.4 Å². The van der Waals surface area contributed by atoms with E-state index in [9.17, 15) is 9.59 Å². The van der Waals surface area contributed by atoms with Crippen LogP contribution in [0.3, 0.4) is 0 Å². The predicted molar refractivity (Wildman–Crippen MR) is 76.0 cm³/mol. The minimum atomic E-state index is -0.745. The molecule has 0 unspecified atom stereocenters. The summed E-state index contributed by atoms with van der Waals surface area (Å²) in [4.78, 5) is 30.2. The Morgan fingerprint density at radius 1 is 0.778 bits per heavy atom. The van der Waals surface area contributed by atoms with Crippen LogP contribution in [0.25, 0.3) is 0 Å².